The maximum Gasteiger partial charge on any atom is 0.282 e. The number of nitro groups is 1. The Balaban J connectivity index is 1.90. The summed E-state index contributed by atoms with van der Waals surface area (Å²) in [5.41, 5.74) is -0.523. The van der Waals surface area contributed by atoms with Crippen molar-refractivity contribution >= 4 is 17.3 Å². The lowest BCUT2D eigenvalue weighted by atomic mass is 10.1. The van der Waals surface area contributed by atoms with Crippen LogP contribution in [0.2, 0.25) is 0 Å². The molecule has 0 bridgehead atoms. The number of rotatable bonds is 8. The van der Waals surface area contributed by atoms with Crippen LogP contribution in [0.1, 0.15) is 48.3 Å². The predicted octanol–water partition coefficient (Wildman–Crippen LogP) is 6.28. The molecule has 1 amide bonds. The van der Waals surface area contributed by atoms with Crippen molar-refractivity contribution in [2.45, 2.75) is 39.7 Å². The molecule has 1 heterocycles. The van der Waals surface area contributed by atoms with Crippen molar-refractivity contribution in [2.75, 3.05) is 5.32 Å². The van der Waals surface area contributed by atoms with Crippen molar-refractivity contribution in [3.05, 3.63) is 75.1 Å². The number of amides is 1. The molecule has 1 aromatic heterocycles. The molecule has 3 aromatic rings. The number of aryl methyl sites for hydroxylation is 2. The van der Waals surface area contributed by atoms with Gasteiger partial charge in [0.2, 0.25) is 5.91 Å². The number of anilines is 1. The van der Waals surface area contributed by atoms with E-state index in [0.29, 0.717) is 16.5 Å². The molecule has 0 aliphatic carbocycles. The summed E-state index contributed by atoms with van der Waals surface area (Å²) in [6.07, 6.45) is -6.25. The molecule has 0 spiro atoms. The van der Waals surface area contributed by atoms with Crippen molar-refractivity contribution in [3.8, 4) is 11.5 Å². The van der Waals surface area contributed by atoms with E-state index in [-0.39, 0.29) is 11.4 Å². The molecule has 0 saturated carbocycles. The Morgan fingerprint density at radius 1 is 1.09 bits per heavy atom. The number of carbonyl (C=O) groups is 1. The van der Waals surface area contributed by atoms with E-state index in [0.717, 1.165) is 23.3 Å². The van der Waals surface area contributed by atoms with Crippen LogP contribution in [0, 0.1) is 24.0 Å². The van der Waals surface area contributed by atoms with Gasteiger partial charge in [0.05, 0.1) is 16.7 Å². The van der Waals surface area contributed by atoms with Gasteiger partial charge >= 0.3 is 0 Å². The number of non-ortho nitro benzene ring substituents is 1. The van der Waals surface area contributed by atoms with Gasteiger partial charge in [0, 0.05) is 12.1 Å². The van der Waals surface area contributed by atoms with Gasteiger partial charge in [-0.15, -0.1) is 0 Å². The second-order valence-corrected chi connectivity index (χ2v) is 7.55. The zero-order chi connectivity index (χ0) is 25.2. The van der Waals surface area contributed by atoms with Crippen LogP contribution >= 0.6 is 0 Å². The molecule has 0 radical (unpaired) electrons. The van der Waals surface area contributed by atoms with Crippen LogP contribution in [-0.4, -0.2) is 20.6 Å². The van der Waals surface area contributed by atoms with E-state index in [2.05, 4.69) is 10.4 Å². The number of nitrogens with zero attached hydrogens (tertiary/aromatic N) is 3. The summed E-state index contributed by atoms with van der Waals surface area (Å²) in [5, 5.41) is 17.2. The minimum absolute atomic E-state index is 0.0498. The zero-order valence-corrected chi connectivity index (χ0v) is 18.3. The minimum Gasteiger partial charge on any atom is -0.457 e. The van der Waals surface area contributed by atoms with E-state index in [4.69, 9.17) is 4.74 Å². The normalized spacial score (nSPS) is 12.1. The monoisotopic (exact) mass is 480 g/mol. The summed E-state index contributed by atoms with van der Waals surface area (Å²) in [7, 11) is 0. The second-order valence-electron chi connectivity index (χ2n) is 7.55. The third-order valence-corrected chi connectivity index (χ3v) is 4.92. The maximum absolute atomic E-state index is 13.3. The Labute approximate surface area is 191 Å². The Morgan fingerprint density at radius 3 is 2.41 bits per heavy atom. The molecule has 1 unspecified atom stereocenters. The van der Waals surface area contributed by atoms with E-state index in [1.54, 1.807) is 13.0 Å². The Kier molecular flexibility index (Phi) is 7.18. The average Bonchev–Trinajstić information content (AvgIpc) is 3.22. The molecule has 180 valence electrons. The summed E-state index contributed by atoms with van der Waals surface area (Å²) in [6, 6.07) is 8.07. The molecule has 2 aromatic carbocycles. The smallest absolute Gasteiger partial charge is 0.282 e. The first-order chi connectivity index (χ1) is 16.0. The van der Waals surface area contributed by atoms with E-state index in [1.165, 1.54) is 13.0 Å². The molecule has 0 aliphatic heterocycles. The molecule has 1 atom stereocenters. The molecule has 8 nitrogen and oxygen atoms in total. The van der Waals surface area contributed by atoms with E-state index >= 15 is 0 Å². The van der Waals surface area contributed by atoms with E-state index in [1.807, 2.05) is 19.1 Å². The van der Waals surface area contributed by atoms with Gasteiger partial charge in [0.1, 0.15) is 28.9 Å². The van der Waals surface area contributed by atoms with Crippen LogP contribution in [0.4, 0.5) is 28.9 Å². The van der Waals surface area contributed by atoms with Gasteiger partial charge in [-0.3, -0.25) is 19.6 Å². The molecule has 0 saturated heterocycles. The third kappa shape index (κ3) is 5.50. The Hall–Kier alpha value is -3.96. The first kappa shape index (κ1) is 24.7. The Morgan fingerprint density at radius 2 is 1.79 bits per heavy atom. The van der Waals surface area contributed by atoms with Gasteiger partial charge in [0.25, 0.3) is 18.5 Å². The standard InChI is InChI=1S/C22H20F4N4O4/c1-11-4-5-12(2)19(6-11)34-16-8-14(7-15(9-16)30(32)33)27-22(31)13(3)29-18(21(25)26)10-17(28-29)20(23)24/h4-10,13,20-21H,1-3H3,(H,27,31). The summed E-state index contributed by atoms with van der Waals surface area (Å²) in [4.78, 5) is 23.4. The number of carbonyl (C=O) groups excluding carboxylic acids is 1. The predicted molar refractivity (Wildman–Crippen MR) is 115 cm³/mol. The number of aromatic nitrogens is 2. The lowest BCUT2D eigenvalue weighted by molar-refractivity contribution is -0.384. The first-order valence-electron chi connectivity index (χ1n) is 9.97. The first-order valence-corrected chi connectivity index (χ1v) is 9.97. The largest absolute Gasteiger partial charge is 0.457 e. The third-order valence-electron chi connectivity index (χ3n) is 4.92. The highest BCUT2D eigenvalue weighted by molar-refractivity contribution is 5.94. The van der Waals surface area contributed by atoms with E-state index in [9.17, 15) is 32.5 Å². The number of nitro benzene ring substituents is 1. The number of alkyl halides is 4. The van der Waals surface area contributed by atoms with Crippen molar-refractivity contribution < 1.29 is 32.0 Å². The van der Waals surface area contributed by atoms with Gasteiger partial charge in [-0.25, -0.2) is 17.6 Å². The summed E-state index contributed by atoms with van der Waals surface area (Å²) in [5.74, 6) is -0.397. The Bertz CT molecular complexity index is 1230. The number of benzene rings is 2. The summed E-state index contributed by atoms with van der Waals surface area (Å²) in [6.45, 7) is 4.82. The fourth-order valence-electron chi connectivity index (χ4n) is 3.13. The number of ether oxygens (including phenoxy) is 1. The van der Waals surface area contributed by atoms with Crippen molar-refractivity contribution in [1.29, 1.82) is 0 Å². The number of halogens is 4. The average molecular weight is 480 g/mol. The van der Waals surface area contributed by atoms with Gasteiger partial charge < -0.3 is 10.1 Å². The lowest BCUT2D eigenvalue weighted by Gasteiger charge is -2.16. The van der Waals surface area contributed by atoms with Crippen molar-refractivity contribution in [3.63, 3.8) is 0 Å². The fourth-order valence-corrected chi connectivity index (χ4v) is 3.13. The minimum atomic E-state index is -3.15. The molecule has 3 rings (SSSR count). The van der Waals surface area contributed by atoms with Crippen molar-refractivity contribution in [2.24, 2.45) is 0 Å². The quantitative estimate of drug-likeness (QED) is 0.233. The van der Waals surface area contributed by atoms with E-state index < -0.39 is 46.8 Å². The molecule has 0 fully saturated rings. The van der Waals surface area contributed by atoms with Crippen LogP contribution < -0.4 is 10.1 Å². The second kappa shape index (κ2) is 9.89. The molecule has 0 aliphatic rings. The molecule has 12 heteroatoms. The lowest BCUT2D eigenvalue weighted by Crippen LogP contribution is -2.26. The van der Waals surface area contributed by atoms with Gasteiger partial charge in [-0.1, -0.05) is 12.1 Å². The van der Waals surface area contributed by atoms with Crippen LogP contribution in [0.3, 0.4) is 0 Å². The zero-order valence-electron chi connectivity index (χ0n) is 18.3. The molecule has 1 N–H and O–H groups in total. The number of hydrogen-bond donors (Lipinski definition) is 1. The van der Waals surface area contributed by atoms with Crippen molar-refractivity contribution in [1.82, 2.24) is 9.78 Å². The van der Waals surface area contributed by atoms with Crippen LogP contribution in [-0.2, 0) is 4.79 Å². The number of hydrogen-bond acceptors (Lipinski definition) is 5. The fraction of sp³-hybridized carbons (Fsp3) is 0.273. The SMILES string of the molecule is Cc1ccc(C)c(Oc2cc(NC(=O)C(C)n3nc(C(F)F)cc3C(F)F)cc([N+](=O)[O-])c2)c1. The van der Waals surface area contributed by atoms with Gasteiger partial charge in [0.15, 0.2) is 0 Å². The molecule has 34 heavy (non-hydrogen) atoms. The summed E-state index contributed by atoms with van der Waals surface area (Å²) < 4.78 is 58.7. The summed E-state index contributed by atoms with van der Waals surface area (Å²) >= 11 is 0. The van der Waals surface area contributed by atoms with Crippen LogP contribution in [0.5, 0.6) is 11.5 Å². The van der Waals surface area contributed by atoms with Crippen LogP contribution in [0.25, 0.3) is 0 Å². The highest BCUT2D eigenvalue weighted by Crippen LogP contribution is 2.33. The van der Waals surface area contributed by atoms with Gasteiger partial charge in [-0.05, 0) is 44.0 Å². The topological polar surface area (TPSA) is 99.3 Å². The highest BCUT2D eigenvalue weighted by atomic mass is 19.3. The van der Waals surface area contributed by atoms with Crippen LogP contribution in [0.15, 0.2) is 42.5 Å². The maximum atomic E-state index is 13.3. The number of nitrogens with one attached hydrogen (secondary N) is 1. The highest BCUT2D eigenvalue weighted by Gasteiger charge is 2.27. The molecular weight excluding hydrogens is 460 g/mol. The van der Waals surface area contributed by atoms with Gasteiger partial charge in [-0.2, -0.15) is 5.10 Å². The molecular formula is C22H20F4N4O4.